The maximum Gasteiger partial charge on any atom is 0.309 e. The van der Waals surface area contributed by atoms with Gasteiger partial charge in [0.05, 0.1) is 33.6 Å². The first-order chi connectivity index (χ1) is 11.1. The monoisotopic (exact) mass is 373 g/mol. The Balaban J connectivity index is 2.63. The Bertz CT molecular complexity index is 792. The zero-order valence-corrected chi connectivity index (χ0v) is 14.2. The standard InChI is InChI=1S/C14H11F2N2O4S2/c1-7-3-9(15)11(17(19)20)5-13(7)24(23)14-6-12(18(21)22)10(16)4-8(14)2/h3-6,23H,1-2H3/q+1. The van der Waals surface area contributed by atoms with E-state index in [0.29, 0.717) is 20.9 Å². The van der Waals surface area contributed by atoms with Crippen molar-refractivity contribution in [1.82, 2.24) is 0 Å². The molecule has 0 amide bonds. The first kappa shape index (κ1) is 18.1. The summed E-state index contributed by atoms with van der Waals surface area (Å²) in [6.45, 7) is 3.09. The largest absolute Gasteiger partial charge is 0.309 e. The topological polar surface area (TPSA) is 86.3 Å². The molecule has 0 saturated heterocycles. The zero-order valence-electron chi connectivity index (χ0n) is 12.4. The molecule has 0 aliphatic rings. The van der Waals surface area contributed by atoms with E-state index in [4.69, 9.17) is 0 Å². The van der Waals surface area contributed by atoms with Crippen LogP contribution in [0.3, 0.4) is 0 Å². The van der Waals surface area contributed by atoms with Crippen molar-refractivity contribution in [1.29, 1.82) is 0 Å². The highest BCUT2D eigenvalue weighted by atomic mass is 33.1. The lowest BCUT2D eigenvalue weighted by Crippen LogP contribution is -2.05. The maximum atomic E-state index is 13.6. The summed E-state index contributed by atoms with van der Waals surface area (Å²) in [4.78, 5) is 20.8. The van der Waals surface area contributed by atoms with Gasteiger partial charge in [0.15, 0.2) is 9.79 Å². The van der Waals surface area contributed by atoms with Crippen molar-refractivity contribution in [2.75, 3.05) is 0 Å². The molecule has 0 radical (unpaired) electrons. The number of thiol groups is 1. The molecule has 2 aromatic carbocycles. The van der Waals surface area contributed by atoms with Crippen LogP contribution >= 0.6 is 11.7 Å². The van der Waals surface area contributed by atoms with Gasteiger partial charge in [-0.05, 0) is 26.0 Å². The molecule has 0 aliphatic heterocycles. The Morgan fingerprint density at radius 1 is 0.875 bits per heavy atom. The average Bonchev–Trinajstić information content (AvgIpc) is 2.45. The highest BCUT2D eigenvalue weighted by Gasteiger charge is 2.33. The molecule has 2 rings (SSSR count). The summed E-state index contributed by atoms with van der Waals surface area (Å²) < 4.78 is 27.3. The predicted octanol–water partition coefficient (Wildman–Crippen LogP) is 4.28. The smallest absolute Gasteiger partial charge is 0.258 e. The molecule has 0 aromatic heterocycles. The van der Waals surface area contributed by atoms with Crippen LogP contribution in [0.25, 0.3) is 0 Å². The summed E-state index contributed by atoms with van der Waals surface area (Å²) >= 11 is 4.39. The number of halogens is 2. The number of nitro groups is 2. The third kappa shape index (κ3) is 3.34. The quantitative estimate of drug-likeness (QED) is 0.285. The van der Waals surface area contributed by atoms with E-state index in [1.807, 2.05) is 0 Å². The van der Waals surface area contributed by atoms with Crippen molar-refractivity contribution in [3.05, 3.63) is 67.3 Å². The summed E-state index contributed by atoms with van der Waals surface area (Å²) in [7, 11) is -1.14. The van der Waals surface area contributed by atoms with Gasteiger partial charge in [0.1, 0.15) is 9.93 Å². The Morgan fingerprint density at radius 3 is 1.50 bits per heavy atom. The number of rotatable bonds is 4. The van der Waals surface area contributed by atoms with E-state index >= 15 is 0 Å². The van der Waals surface area contributed by atoms with Gasteiger partial charge in [0, 0.05) is 11.1 Å². The molecule has 10 heteroatoms. The molecule has 0 atom stereocenters. The summed E-state index contributed by atoms with van der Waals surface area (Å²) in [6.07, 6.45) is 0. The van der Waals surface area contributed by atoms with Gasteiger partial charge in [0.25, 0.3) is 0 Å². The zero-order chi connectivity index (χ0) is 18.2. The number of benzene rings is 2. The van der Waals surface area contributed by atoms with Crippen molar-refractivity contribution < 1.29 is 18.6 Å². The van der Waals surface area contributed by atoms with Crippen molar-refractivity contribution >= 4 is 33.0 Å². The predicted molar refractivity (Wildman–Crippen MR) is 88.5 cm³/mol. The van der Waals surface area contributed by atoms with Crippen molar-refractivity contribution in [3.8, 4) is 0 Å². The number of hydrogen-bond donors (Lipinski definition) is 1. The van der Waals surface area contributed by atoms with Gasteiger partial charge in [-0.2, -0.15) is 8.78 Å². The van der Waals surface area contributed by atoms with Gasteiger partial charge in [-0.1, -0.05) is 0 Å². The van der Waals surface area contributed by atoms with Gasteiger partial charge in [-0.25, -0.2) is 0 Å². The fourth-order valence-electron chi connectivity index (χ4n) is 2.10. The fourth-order valence-corrected chi connectivity index (χ4v) is 4.69. The molecule has 0 bridgehead atoms. The SMILES string of the molecule is Cc1cc(F)c([N+](=O)[O-])cc1[S+](S)c1cc([N+](=O)[O-])c(F)cc1C. The molecule has 0 aliphatic carbocycles. The number of nitrogens with zero attached hydrogens (tertiary/aromatic N) is 2. The lowest BCUT2D eigenvalue weighted by molar-refractivity contribution is -0.387. The second-order valence-electron chi connectivity index (χ2n) is 4.94. The first-order valence-corrected chi connectivity index (χ1v) is 8.73. The lowest BCUT2D eigenvalue weighted by Gasteiger charge is -2.07. The van der Waals surface area contributed by atoms with Crippen LogP contribution in [0.1, 0.15) is 11.1 Å². The summed E-state index contributed by atoms with van der Waals surface area (Å²) in [5.41, 5.74) is -0.613. The average molecular weight is 373 g/mol. The first-order valence-electron chi connectivity index (χ1n) is 6.46. The molecule has 0 fully saturated rings. The van der Waals surface area contributed by atoms with E-state index < -0.39 is 42.8 Å². The van der Waals surface area contributed by atoms with Crippen LogP contribution in [0.2, 0.25) is 0 Å². The molecule has 0 N–H and O–H groups in total. The van der Waals surface area contributed by atoms with Crippen LogP contribution in [0.15, 0.2) is 34.1 Å². The Kier molecular flexibility index (Phi) is 5.09. The Labute approximate surface area is 143 Å². The van der Waals surface area contributed by atoms with E-state index in [-0.39, 0.29) is 0 Å². The summed E-state index contributed by atoms with van der Waals surface area (Å²) in [5, 5.41) is 21.8. The lowest BCUT2D eigenvalue weighted by atomic mass is 10.2. The Morgan fingerprint density at radius 2 is 1.21 bits per heavy atom. The van der Waals surface area contributed by atoms with Gasteiger partial charge in [-0.15, -0.1) is 0 Å². The van der Waals surface area contributed by atoms with Crippen molar-refractivity contribution in [2.24, 2.45) is 0 Å². The number of aryl methyl sites for hydroxylation is 2. The third-order valence-electron chi connectivity index (χ3n) is 3.30. The van der Waals surface area contributed by atoms with E-state index in [0.717, 1.165) is 24.3 Å². The minimum absolute atomic E-state index is 0.343. The fraction of sp³-hybridized carbons (Fsp3) is 0.143. The van der Waals surface area contributed by atoms with E-state index in [1.54, 1.807) is 13.8 Å². The minimum atomic E-state index is -1.14. The van der Waals surface area contributed by atoms with Crippen LogP contribution in [-0.2, 0) is 9.93 Å². The molecule has 24 heavy (non-hydrogen) atoms. The molecular weight excluding hydrogens is 362 g/mol. The minimum Gasteiger partial charge on any atom is -0.258 e. The maximum absolute atomic E-state index is 13.6. The highest BCUT2D eigenvalue weighted by molar-refractivity contribution is 8.66. The van der Waals surface area contributed by atoms with Crippen molar-refractivity contribution in [3.63, 3.8) is 0 Å². The summed E-state index contributed by atoms with van der Waals surface area (Å²) in [6, 6.07) is 4.12. The number of nitro benzene ring substituents is 2. The summed E-state index contributed by atoms with van der Waals surface area (Å²) in [5.74, 6) is -1.96. The molecule has 126 valence electrons. The molecule has 2 aromatic rings. The van der Waals surface area contributed by atoms with Crippen LogP contribution in [0, 0.1) is 45.7 Å². The van der Waals surface area contributed by atoms with Crippen LogP contribution in [0.5, 0.6) is 0 Å². The van der Waals surface area contributed by atoms with Crippen LogP contribution in [-0.4, -0.2) is 9.85 Å². The molecule has 0 unspecified atom stereocenters. The van der Waals surface area contributed by atoms with Crippen LogP contribution < -0.4 is 0 Å². The number of hydrogen-bond acceptors (Lipinski definition) is 5. The second-order valence-corrected chi connectivity index (χ2v) is 7.48. The second kappa shape index (κ2) is 6.73. The highest BCUT2D eigenvalue weighted by Crippen LogP contribution is 2.36. The van der Waals surface area contributed by atoms with E-state index in [1.165, 1.54) is 0 Å². The van der Waals surface area contributed by atoms with E-state index in [9.17, 15) is 29.0 Å². The van der Waals surface area contributed by atoms with Gasteiger partial charge < -0.3 is 0 Å². The molecule has 0 spiro atoms. The van der Waals surface area contributed by atoms with E-state index in [2.05, 4.69) is 11.7 Å². The van der Waals surface area contributed by atoms with Gasteiger partial charge in [0.2, 0.25) is 11.6 Å². The third-order valence-corrected chi connectivity index (χ3v) is 6.19. The molecule has 0 saturated carbocycles. The van der Waals surface area contributed by atoms with Gasteiger partial charge >= 0.3 is 11.4 Å². The Hall–Kier alpha value is -2.20. The van der Waals surface area contributed by atoms with Gasteiger partial charge in [-0.3, -0.25) is 20.2 Å². The molecule has 0 heterocycles. The van der Waals surface area contributed by atoms with Crippen molar-refractivity contribution in [2.45, 2.75) is 23.6 Å². The van der Waals surface area contributed by atoms with Crippen LogP contribution in [0.4, 0.5) is 20.2 Å². The molecule has 6 nitrogen and oxygen atoms in total. The normalized spacial score (nSPS) is 10.9. The molecular formula is C14H11F2N2O4S2+.